The molecule has 1 aromatic rings. The van der Waals surface area contributed by atoms with Crippen molar-refractivity contribution in [2.75, 3.05) is 25.6 Å². The number of aliphatic hydroxyl groups is 1. The maximum Gasteiger partial charge on any atom is 0.319 e. The second-order valence-electron chi connectivity index (χ2n) is 4.79. The van der Waals surface area contributed by atoms with Crippen LogP contribution in [-0.4, -0.2) is 37.0 Å². The van der Waals surface area contributed by atoms with Crippen LogP contribution in [0.3, 0.4) is 0 Å². The van der Waals surface area contributed by atoms with Crippen LogP contribution in [0.2, 0.25) is 5.02 Å². The minimum absolute atomic E-state index is 0.153. The summed E-state index contributed by atoms with van der Waals surface area (Å²) in [5.74, 6) is -1.82. The van der Waals surface area contributed by atoms with Crippen LogP contribution >= 0.6 is 11.6 Å². The number of carbonyl (C=O) groups excluding carboxylic acids is 1. The normalized spacial score (nSPS) is 13.6. The van der Waals surface area contributed by atoms with Crippen LogP contribution in [-0.2, 0) is 4.74 Å². The monoisotopic (exact) mass is 322 g/mol. The van der Waals surface area contributed by atoms with Gasteiger partial charge in [-0.05, 0) is 19.4 Å². The molecule has 0 radical (unpaired) electrons. The first-order chi connectivity index (χ1) is 9.81. The first-order valence-corrected chi connectivity index (χ1v) is 6.52. The zero-order valence-corrected chi connectivity index (χ0v) is 12.4. The van der Waals surface area contributed by atoms with Crippen LogP contribution in [0.5, 0.6) is 0 Å². The SMILES string of the molecule is COCC(C)(CCO)NC(=O)Nc1c(F)cc(F)cc1Cl. The van der Waals surface area contributed by atoms with Gasteiger partial charge in [-0.25, -0.2) is 13.6 Å². The van der Waals surface area contributed by atoms with E-state index in [1.54, 1.807) is 6.92 Å². The van der Waals surface area contributed by atoms with Crippen molar-refractivity contribution < 1.29 is 23.4 Å². The number of carbonyl (C=O) groups is 1. The van der Waals surface area contributed by atoms with Gasteiger partial charge >= 0.3 is 6.03 Å². The van der Waals surface area contributed by atoms with Gasteiger partial charge in [0.2, 0.25) is 0 Å². The molecular formula is C13H17ClF2N2O3. The summed E-state index contributed by atoms with van der Waals surface area (Å²) >= 11 is 5.69. The molecule has 0 bridgehead atoms. The van der Waals surface area contributed by atoms with Crippen molar-refractivity contribution in [1.82, 2.24) is 5.32 Å². The van der Waals surface area contributed by atoms with E-state index < -0.39 is 23.2 Å². The number of halogens is 3. The summed E-state index contributed by atoms with van der Waals surface area (Å²) in [6.07, 6.45) is 0.244. The quantitative estimate of drug-likeness (QED) is 0.753. The van der Waals surface area contributed by atoms with E-state index in [1.165, 1.54) is 7.11 Å². The van der Waals surface area contributed by atoms with E-state index in [9.17, 15) is 13.6 Å². The molecule has 0 aliphatic rings. The van der Waals surface area contributed by atoms with Crippen LogP contribution in [0.25, 0.3) is 0 Å². The Morgan fingerprint density at radius 2 is 2.14 bits per heavy atom. The molecule has 2 amide bonds. The van der Waals surface area contributed by atoms with Gasteiger partial charge in [-0.15, -0.1) is 0 Å². The van der Waals surface area contributed by atoms with E-state index in [0.717, 1.165) is 6.07 Å². The van der Waals surface area contributed by atoms with Gasteiger partial charge in [0.1, 0.15) is 5.82 Å². The lowest BCUT2D eigenvalue weighted by atomic mass is 10.00. The summed E-state index contributed by atoms with van der Waals surface area (Å²) in [4.78, 5) is 11.9. The highest BCUT2D eigenvalue weighted by atomic mass is 35.5. The Morgan fingerprint density at radius 1 is 1.48 bits per heavy atom. The Bertz CT molecular complexity index is 485. The molecule has 0 saturated heterocycles. The minimum Gasteiger partial charge on any atom is -0.396 e. The Labute approximate surface area is 126 Å². The Hall–Kier alpha value is -1.44. The van der Waals surface area contributed by atoms with Gasteiger partial charge in [0.25, 0.3) is 0 Å². The summed E-state index contributed by atoms with van der Waals surface area (Å²) in [5.41, 5.74) is -1.16. The fourth-order valence-electron chi connectivity index (χ4n) is 1.82. The molecule has 0 heterocycles. The summed E-state index contributed by atoms with van der Waals surface area (Å²) in [7, 11) is 1.45. The van der Waals surface area contributed by atoms with Gasteiger partial charge in [0, 0.05) is 19.8 Å². The molecule has 21 heavy (non-hydrogen) atoms. The number of hydrogen-bond donors (Lipinski definition) is 3. The molecule has 0 fully saturated rings. The van der Waals surface area contributed by atoms with Crippen LogP contribution in [0.4, 0.5) is 19.3 Å². The number of urea groups is 1. The number of nitrogens with one attached hydrogen (secondary N) is 2. The van der Waals surface area contributed by atoms with Crippen LogP contribution < -0.4 is 10.6 Å². The molecule has 118 valence electrons. The zero-order valence-electron chi connectivity index (χ0n) is 11.7. The fraction of sp³-hybridized carbons (Fsp3) is 0.462. The van der Waals surface area contributed by atoms with Crippen LogP contribution in [0, 0.1) is 11.6 Å². The molecule has 1 atom stereocenters. The third kappa shape index (κ3) is 5.11. The number of amides is 2. The molecule has 0 aromatic heterocycles. The van der Waals surface area contributed by atoms with E-state index in [2.05, 4.69) is 10.6 Å². The van der Waals surface area contributed by atoms with E-state index >= 15 is 0 Å². The standard InChI is InChI=1S/C13H17ClF2N2O3/c1-13(3-4-19,7-21-2)18-12(20)17-11-9(14)5-8(15)6-10(11)16/h5-6,19H,3-4,7H2,1-2H3,(H2,17,18,20). The lowest BCUT2D eigenvalue weighted by Crippen LogP contribution is -2.51. The first kappa shape index (κ1) is 17.6. The van der Waals surface area contributed by atoms with Crippen molar-refractivity contribution in [2.45, 2.75) is 18.9 Å². The molecule has 0 spiro atoms. The first-order valence-electron chi connectivity index (χ1n) is 6.15. The summed E-state index contributed by atoms with van der Waals surface area (Å²) in [5, 5.41) is 13.5. The summed E-state index contributed by atoms with van der Waals surface area (Å²) in [6.45, 7) is 1.65. The van der Waals surface area contributed by atoms with Gasteiger partial charge < -0.3 is 20.5 Å². The molecule has 1 rings (SSSR count). The van der Waals surface area contributed by atoms with Gasteiger partial charge in [-0.2, -0.15) is 0 Å². The van der Waals surface area contributed by atoms with Crippen LogP contribution in [0.15, 0.2) is 12.1 Å². The Balaban J connectivity index is 2.82. The van der Waals surface area contributed by atoms with Gasteiger partial charge in [0.15, 0.2) is 5.82 Å². The van der Waals surface area contributed by atoms with Crippen molar-refractivity contribution in [2.24, 2.45) is 0 Å². The highest BCUT2D eigenvalue weighted by Gasteiger charge is 2.26. The number of anilines is 1. The number of hydrogen-bond acceptors (Lipinski definition) is 3. The number of ether oxygens (including phenoxy) is 1. The summed E-state index contributed by atoms with van der Waals surface area (Å²) < 4.78 is 31.5. The number of benzene rings is 1. The maximum atomic E-state index is 13.6. The third-order valence-electron chi connectivity index (χ3n) is 2.79. The van der Waals surface area contributed by atoms with Crippen molar-refractivity contribution in [3.05, 3.63) is 28.8 Å². The number of rotatable bonds is 6. The van der Waals surface area contributed by atoms with E-state index in [1.807, 2.05) is 0 Å². The third-order valence-corrected chi connectivity index (χ3v) is 3.09. The number of methoxy groups -OCH3 is 1. The van der Waals surface area contributed by atoms with Gasteiger partial charge in [-0.3, -0.25) is 0 Å². The molecule has 1 unspecified atom stereocenters. The average molecular weight is 323 g/mol. The Kier molecular flexibility index (Phi) is 6.32. The molecular weight excluding hydrogens is 306 g/mol. The zero-order chi connectivity index (χ0) is 16.0. The van der Waals surface area contributed by atoms with Gasteiger partial charge in [-0.1, -0.05) is 11.6 Å². The maximum absolute atomic E-state index is 13.6. The van der Waals surface area contributed by atoms with E-state index in [4.69, 9.17) is 21.4 Å². The van der Waals surface area contributed by atoms with Crippen LogP contribution in [0.1, 0.15) is 13.3 Å². The van der Waals surface area contributed by atoms with Gasteiger partial charge in [0.05, 0.1) is 22.9 Å². The molecule has 0 saturated carbocycles. The second kappa shape index (κ2) is 7.53. The average Bonchev–Trinajstić information content (AvgIpc) is 2.34. The molecule has 0 aliphatic heterocycles. The fourth-order valence-corrected chi connectivity index (χ4v) is 2.06. The van der Waals surface area contributed by atoms with Crippen molar-refractivity contribution in [3.63, 3.8) is 0 Å². The van der Waals surface area contributed by atoms with Crippen molar-refractivity contribution >= 4 is 23.3 Å². The molecule has 5 nitrogen and oxygen atoms in total. The predicted octanol–water partition coefficient (Wildman–Crippen LogP) is 2.53. The van der Waals surface area contributed by atoms with Crippen molar-refractivity contribution in [3.8, 4) is 0 Å². The lowest BCUT2D eigenvalue weighted by molar-refractivity contribution is 0.104. The molecule has 3 N–H and O–H groups in total. The molecule has 0 aliphatic carbocycles. The highest BCUT2D eigenvalue weighted by Crippen LogP contribution is 2.26. The van der Waals surface area contributed by atoms with E-state index in [0.29, 0.717) is 6.07 Å². The van der Waals surface area contributed by atoms with E-state index in [-0.39, 0.29) is 30.3 Å². The number of aliphatic hydroxyl groups excluding tert-OH is 1. The highest BCUT2D eigenvalue weighted by molar-refractivity contribution is 6.33. The second-order valence-corrected chi connectivity index (χ2v) is 5.20. The largest absolute Gasteiger partial charge is 0.396 e. The van der Waals surface area contributed by atoms with Crippen molar-refractivity contribution in [1.29, 1.82) is 0 Å². The molecule has 8 heteroatoms. The molecule has 1 aromatic carbocycles. The smallest absolute Gasteiger partial charge is 0.319 e. The Morgan fingerprint density at radius 3 is 2.67 bits per heavy atom. The predicted molar refractivity (Wildman–Crippen MR) is 75.5 cm³/mol. The topological polar surface area (TPSA) is 70.6 Å². The summed E-state index contributed by atoms with van der Waals surface area (Å²) in [6, 6.07) is 0.765. The lowest BCUT2D eigenvalue weighted by Gasteiger charge is -2.29. The minimum atomic E-state index is -0.981.